The second-order valence-corrected chi connectivity index (χ2v) is 8.74. The van der Waals surface area contributed by atoms with Crippen LogP contribution >= 0.6 is 22.9 Å². The maximum Gasteiger partial charge on any atom is 0.260 e. The Balaban J connectivity index is 2.05. The van der Waals surface area contributed by atoms with Crippen molar-refractivity contribution < 1.29 is 9.53 Å². The summed E-state index contributed by atoms with van der Waals surface area (Å²) >= 11 is 7.82. The molecule has 3 aromatic rings. The first-order valence-electron chi connectivity index (χ1n) is 9.48. The zero-order valence-electron chi connectivity index (χ0n) is 17.5. The van der Waals surface area contributed by atoms with E-state index in [2.05, 4.69) is 4.90 Å². The molecule has 0 atom stereocenters. The summed E-state index contributed by atoms with van der Waals surface area (Å²) in [6, 6.07) is 9.55. The van der Waals surface area contributed by atoms with Crippen molar-refractivity contribution in [3.63, 3.8) is 0 Å². The van der Waals surface area contributed by atoms with Gasteiger partial charge in [-0.3, -0.25) is 9.69 Å². The Morgan fingerprint density at radius 2 is 1.93 bits per heavy atom. The molecular weight excluding hydrogens is 406 g/mol. The number of halogens is 1. The molecule has 0 fully saturated rings. The van der Waals surface area contributed by atoms with E-state index in [0.29, 0.717) is 33.5 Å². The number of hydrogen-bond donors (Lipinski definition) is 0. The lowest BCUT2D eigenvalue weighted by Gasteiger charge is -2.22. The molecule has 0 saturated carbocycles. The monoisotopic (exact) mass is 431 g/mol. The van der Waals surface area contributed by atoms with Crippen LogP contribution in [0.15, 0.2) is 30.3 Å². The number of carbonyl (C=O) groups is 1. The summed E-state index contributed by atoms with van der Waals surface area (Å²) in [6.07, 6.45) is 0.838. The number of hydrogen-bond acceptors (Lipinski definition) is 5. The van der Waals surface area contributed by atoms with Gasteiger partial charge in [-0.25, -0.2) is 4.98 Å². The first-order chi connectivity index (χ1) is 13.8. The van der Waals surface area contributed by atoms with Crippen LogP contribution in [0.1, 0.15) is 27.9 Å². The maximum absolute atomic E-state index is 13.5. The average molecular weight is 432 g/mol. The van der Waals surface area contributed by atoms with Crippen molar-refractivity contribution >= 4 is 44.2 Å². The number of fused-ring (bicyclic) bond motifs is 1. The zero-order valence-corrected chi connectivity index (χ0v) is 19.0. The fourth-order valence-electron chi connectivity index (χ4n) is 3.16. The summed E-state index contributed by atoms with van der Waals surface area (Å²) in [5.74, 6) is 0.610. The molecule has 0 bridgehead atoms. The SMILES string of the molecule is COc1ccc(Cl)c2sc(N(CCCN(C)C)C(=O)c3cc(C)ccc3C)nc12. The largest absolute Gasteiger partial charge is 0.494 e. The van der Waals surface area contributed by atoms with Crippen LogP contribution in [-0.4, -0.2) is 50.1 Å². The zero-order chi connectivity index (χ0) is 21.1. The van der Waals surface area contributed by atoms with E-state index in [4.69, 9.17) is 21.3 Å². The molecule has 0 aliphatic heterocycles. The number of rotatable bonds is 7. The van der Waals surface area contributed by atoms with Gasteiger partial charge in [-0.05, 0) is 64.7 Å². The molecular formula is C22H26ClN3O2S. The summed E-state index contributed by atoms with van der Waals surface area (Å²) in [4.78, 5) is 22.1. The van der Waals surface area contributed by atoms with Crippen molar-refractivity contribution in [2.45, 2.75) is 20.3 Å². The van der Waals surface area contributed by atoms with E-state index < -0.39 is 0 Å². The van der Waals surface area contributed by atoms with Crippen molar-refractivity contribution in [3.8, 4) is 5.75 Å². The van der Waals surface area contributed by atoms with Crippen molar-refractivity contribution in [1.82, 2.24) is 9.88 Å². The Labute approximate surface area is 180 Å². The lowest BCUT2D eigenvalue weighted by Crippen LogP contribution is -2.34. The molecule has 0 aliphatic carbocycles. The van der Waals surface area contributed by atoms with Gasteiger partial charge in [0.15, 0.2) is 5.13 Å². The highest BCUT2D eigenvalue weighted by atomic mass is 35.5. The highest BCUT2D eigenvalue weighted by Gasteiger charge is 2.24. The van der Waals surface area contributed by atoms with E-state index in [1.54, 1.807) is 24.1 Å². The molecule has 3 rings (SSSR count). The number of amides is 1. The number of carbonyl (C=O) groups excluding carboxylic acids is 1. The molecule has 0 radical (unpaired) electrons. The van der Waals surface area contributed by atoms with E-state index >= 15 is 0 Å². The molecule has 5 nitrogen and oxygen atoms in total. The lowest BCUT2D eigenvalue weighted by molar-refractivity contribution is 0.0985. The van der Waals surface area contributed by atoms with Gasteiger partial charge in [0, 0.05) is 12.1 Å². The van der Waals surface area contributed by atoms with Crippen LogP contribution in [0, 0.1) is 13.8 Å². The first-order valence-corrected chi connectivity index (χ1v) is 10.7. The standard InChI is InChI=1S/C22H26ClN3O2S/c1-14-7-8-15(2)16(13-14)21(27)26(12-6-11-25(3)4)22-24-19-18(28-5)10-9-17(23)20(19)29-22/h7-10,13H,6,11-12H2,1-5H3. The van der Waals surface area contributed by atoms with Gasteiger partial charge in [0.05, 0.1) is 16.8 Å². The van der Waals surface area contributed by atoms with Crippen molar-refractivity contribution in [3.05, 3.63) is 52.0 Å². The Kier molecular flexibility index (Phi) is 6.77. The number of ether oxygens (including phenoxy) is 1. The number of benzene rings is 2. The van der Waals surface area contributed by atoms with Crippen molar-refractivity contribution in [1.29, 1.82) is 0 Å². The third kappa shape index (κ3) is 4.71. The fraction of sp³-hybridized carbons (Fsp3) is 0.364. The molecule has 154 valence electrons. The second-order valence-electron chi connectivity index (χ2n) is 7.36. The minimum absolute atomic E-state index is 0.0425. The number of anilines is 1. The normalized spacial score (nSPS) is 11.3. The number of nitrogens with zero attached hydrogens (tertiary/aromatic N) is 3. The molecule has 2 aromatic carbocycles. The highest BCUT2D eigenvalue weighted by molar-refractivity contribution is 7.23. The van der Waals surface area contributed by atoms with Crippen LogP contribution in [0.5, 0.6) is 5.75 Å². The predicted molar refractivity (Wildman–Crippen MR) is 122 cm³/mol. The van der Waals surface area contributed by atoms with Gasteiger partial charge in [0.1, 0.15) is 11.3 Å². The molecule has 0 N–H and O–H groups in total. The second kappa shape index (κ2) is 9.11. The number of aromatic nitrogens is 1. The molecule has 1 heterocycles. The first kappa shape index (κ1) is 21.6. The molecule has 0 saturated heterocycles. The summed E-state index contributed by atoms with van der Waals surface area (Å²) in [5.41, 5.74) is 3.40. The summed E-state index contributed by atoms with van der Waals surface area (Å²) < 4.78 is 6.27. The van der Waals surface area contributed by atoms with E-state index in [-0.39, 0.29) is 5.91 Å². The Morgan fingerprint density at radius 3 is 2.62 bits per heavy atom. The molecule has 1 amide bonds. The van der Waals surface area contributed by atoms with Crippen molar-refractivity contribution in [2.24, 2.45) is 0 Å². The molecule has 0 unspecified atom stereocenters. The number of aryl methyl sites for hydroxylation is 2. The van der Waals surface area contributed by atoms with Gasteiger partial charge < -0.3 is 9.64 Å². The van der Waals surface area contributed by atoms with Crippen LogP contribution in [0.3, 0.4) is 0 Å². The molecule has 29 heavy (non-hydrogen) atoms. The van der Waals surface area contributed by atoms with Gasteiger partial charge in [0.2, 0.25) is 0 Å². The summed E-state index contributed by atoms with van der Waals surface area (Å²) in [6.45, 7) is 5.41. The topological polar surface area (TPSA) is 45.7 Å². The van der Waals surface area contributed by atoms with Crippen LogP contribution < -0.4 is 9.64 Å². The van der Waals surface area contributed by atoms with Gasteiger partial charge in [-0.2, -0.15) is 0 Å². The molecule has 7 heteroatoms. The van der Waals surface area contributed by atoms with E-state index in [1.807, 2.05) is 46.1 Å². The molecule has 0 aliphatic rings. The Hall–Kier alpha value is -2.15. The summed E-state index contributed by atoms with van der Waals surface area (Å²) in [5, 5.41) is 1.24. The van der Waals surface area contributed by atoms with Crippen LogP contribution in [-0.2, 0) is 0 Å². The van der Waals surface area contributed by atoms with Crippen LogP contribution in [0.2, 0.25) is 5.02 Å². The maximum atomic E-state index is 13.5. The van der Waals surface area contributed by atoms with E-state index in [0.717, 1.165) is 28.8 Å². The smallest absolute Gasteiger partial charge is 0.260 e. The minimum atomic E-state index is -0.0425. The number of thiazole rings is 1. The minimum Gasteiger partial charge on any atom is -0.494 e. The third-order valence-corrected chi connectivity index (χ3v) is 6.29. The molecule has 0 spiro atoms. The average Bonchev–Trinajstić information content (AvgIpc) is 3.13. The highest BCUT2D eigenvalue weighted by Crippen LogP contribution is 2.39. The van der Waals surface area contributed by atoms with Crippen molar-refractivity contribution in [2.75, 3.05) is 39.2 Å². The van der Waals surface area contributed by atoms with Gasteiger partial charge >= 0.3 is 0 Å². The number of methoxy groups -OCH3 is 1. The lowest BCUT2D eigenvalue weighted by atomic mass is 10.0. The molecule has 1 aromatic heterocycles. The van der Waals surface area contributed by atoms with E-state index in [1.165, 1.54) is 11.3 Å². The third-order valence-electron chi connectivity index (χ3n) is 4.75. The summed E-state index contributed by atoms with van der Waals surface area (Å²) in [7, 11) is 5.66. The quantitative estimate of drug-likeness (QED) is 0.517. The van der Waals surface area contributed by atoms with Crippen LogP contribution in [0.25, 0.3) is 10.2 Å². The predicted octanol–water partition coefficient (Wildman–Crippen LogP) is 5.17. The Morgan fingerprint density at radius 1 is 1.17 bits per heavy atom. The Bertz CT molecular complexity index is 1030. The van der Waals surface area contributed by atoms with Gasteiger partial charge in [-0.1, -0.05) is 40.6 Å². The van der Waals surface area contributed by atoms with E-state index in [9.17, 15) is 4.79 Å². The van der Waals surface area contributed by atoms with Gasteiger partial charge in [-0.15, -0.1) is 0 Å². The van der Waals surface area contributed by atoms with Gasteiger partial charge in [0.25, 0.3) is 5.91 Å². The van der Waals surface area contributed by atoms with Crippen LogP contribution in [0.4, 0.5) is 5.13 Å². The fourth-order valence-corrected chi connectivity index (χ4v) is 4.44.